The highest BCUT2D eigenvalue weighted by Gasteiger charge is 2.64. The molecule has 1 saturated carbocycles. The van der Waals surface area contributed by atoms with Crippen molar-refractivity contribution in [3.05, 3.63) is 35.4 Å². The molecule has 4 heteroatoms. The van der Waals surface area contributed by atoms with Crippen molar-refractivity contribution in [3.63, 3.8) is 0 Å². The van der Waals surface area contributed by atoms with Gasteiger partial charge in [0.15, 0.2) is 11.5 Å². The Morgan fingerprint density at radius 1 is 1.29 bits per heavy atom. The Hall–Kier alpha value is -1.52. The second-order valence-corrected chi connectivity index (χ2v) is 8.23. The molecular weight excluding hydrogens is 302 g/mol. The Kier molecular flexibility index (Phi) is 2.49. The molecular formula is C20H23NO3. The van der Waals surface area contributed by atoms with Gasteiger partial charge in [0.25, 0.3) is 0 Å². The maximum atomic E-state index is 10.7. The third-order valence-electron chi connectivity index (χ3n) is 6.95. The molecule has 1 saturated heterocycles. The molecule has 4 nitrogen and oxygen atoms in total. The Morgan fingerprint density at radius 3 is 3.00 bits per heavy atom. The van der Waals surface area contributed by atoms with E-state index in [0.717, 1.165) is 43.7 Å². The van der Waals surface area contributed by atoms with Crippen molar-refractivity contribution in [2.45, 2.75) is 55.5 Å². The summed E-state index contributed by atoms with van der Waals surface area (Å²) in [7, 11) is 2.23. The number of rotatable bonds is 2. The fraction of sp³-hybridized carbons (Fsp3) is 0.600. The largest absolute Gasteiger partial charge is 0.487 e. The molecule has 1 N–H and O–H groups in total. The van der Waals surface area contributed by atoms with E-state index in [9.17, 15) is 5.11 Å². The quantitative estimate of drug-likeness (QED) is 0.845. The van der Waals surface area contributed by atoms with Crippen LogP contribution >= 0.6 is 0 Å². The Bertz CT molecular complexity index is 755. The molecule has 0 radical (unpaired) electrons. The number of benzene rings is 1. The van der Waals surface area contributed by atoms with E-state index >= 15 is 0 Å². The summed E-state index contributed by atoms with van der Waals surface area (Å²) in [5, 5.41) is 10.7. The van der Waals surface area contributed by atoms with E-state index in [1.165, 1.54) is 11.1 Å². The number of aliphatic hydroxyl groups excluding tert-OH is 1. The van der Waals surface area contributed by atoms with E-state index in [2.05, 4.69) is 30.2 Å². The van der Waals surface area contributed by atoms with Gasteiger partial charge in [0.1, 0.15) is 12.2 Å². The zero-order chi connectivity index (χ0) is 16.1. The molecule has 5 aliphatic rings. The van der Waals surface area contributed by atoms with Crippen LogP contribution in [0.3, 0.4) is 0 Å². The summed E-state index contributed by atoms with van der Waals surface area (Å²) in [4.78, 5) is 2.49. The molecule has 1 aromatic carbocycles. The minimum Gasteiger partial charge on any atom is -0.487 e. The van der Waals surface area contributed by atoms with Crippen molar-refractivity contribution in [1.82, 2.24) is 4.90 Å². The van der Waals surface area contributed by atoms with Gasteiger partial charge in [-0.05, 0) is 50.9 Å². The van der Waals surface area contributed by atoms with Gasteiger partial charge in [0.2, 0.25) is 0 Å². The van der Waals surface area contributed by atoms with E-state index in [-0.39, 0.29) is 11.5 Å². The first-order valence-corrected chi connectivity index (χ1v) is 9.25. The summed E-state index contributed by atoms with van der Waals surface area (Å²) in [5.74, 6) is 2.25. The third kappa shape index (κ3) is 1.52. The van der Waals surface area contributed by atoms with Gasteiger partial charge in [-0.3, -0.25) is 0 Å². The summed E-state index contributed by atoms with van der Waals surface area (Å²) in [6.45, 7) is 1.06. The van der Waals surface area contributed by atoms with Gasteiger partial charge in [-0.15, -0.1) is 0 Å². The summed E-state index contributed by atoms with van der Waals surface area (Å²) >= 11 is 0. The monoisotopic (exact) mass is 325 g/mol. The van der Waals surface area contributed by atoms with E-state index in [1.807, 2.05) is 6.08 Å². The fourth-order valence-corrected chi connectivity index (χ4v) is 5.69. The SMILES string of the molecule is CN1CC[C@]23c4c5ccc(OC6CC6)c4O[C@H]2[C@@H](O)C=C[C@H]3[C@H]1C5. The lowest BCUT2D eigenvalue weighted by atomic mass is 9.53. The first-order chi connectivity index (χ1) is 11.7. The summed E-state index contributed by atoms with van der Waals surface area (Å²) < 4.78 is 12.6. The first-order valence-electron chi connectivity index (χ1n) is 9.25. The minimum atomic E-state index is -0.530. The topological polar surface area (TPSA) is 41.9 Å². The van der Waals surface area contributed by atoms with Crippen molar-refractivity contribution >= 4 is 0 Å². The van der Waals surface area contributed by atoms with Gasteiger partial charge in [0, 0.05) is 22.9 Å². The second kappa shape index (κ2) is 4.36. The number of ether oxygens (including phenoxy) is 2. The number of likely N-dealkylation sites (tertiary alicyclic amines) is 1. The molecule has 0 amide bonds. The highest BCUT2D eigenvalue weighted by Crippen LogP contribution is 2.62. The van der Waals surface area contributed by atoms with Gasteiger partial charge in [-0.2, -0.15) is 0 Å². The normalized spacial score (nSPS) is 41.8. The molecule has 5 atom stereocenters. The lowest BCUT2D eigenvalue weighted by molar-refractivity contribution is -0.0454. The third-order valence-corrected chi connectivity index (χ3v) is 6.95. The smallest absolute Gasteiger partial charge is 0.166 e. The molecule has 126 valence electrons. The highest BCUT2D eigenvalue weighted by atomic mass is 16.5. The lowest BCUT2D eigenvalue weighted by Gasteiger charge is -2.56. The van der Waals surface area contributed by atoms with Crippen LogP contribution in [-0.2, 0) is 11.8 Å². The van der Waals surface area contributed by atoms with Crippen molar-refractivity contribution in [2.75, 3.05) is 13.6 Å². The van der Waals surface area contributed by atoms with Crippen LogP contribution in [0.25, 0.3) is 0 Å². The summed E-state index contributed by atoms with van der Waals surface area (Å²) in [5.41, 5.74) is 2.67. The average molecular weight is 325 g/mol. The second-order valence-electron chi connectivity index (χ2n) is 8.23. The van der Waals surface area contributed by atoms with Gasteiger partial charge < -0.3 is 19.5 Å². The minimum absolute atomic E-state index is 0.0722. The van der Waals surface area contributed by atoms with E-state index < -0.39 is 6.10 Å². The maximum Gasteiger partial charge on any atom is 0.166 e. The lowest BCUT2D eigenvalue weighted by Crippen LogP contribution is -2.64. The zero-order valence-corrected chi connectivity index (χ0v) is 13.9. The molecule has 2 heterocycles. The first kappa shape index (κ1) is 13.7. The zero-order valence-electron chi connectivity index (χ0n) is 13.9. The van der Waals surface area contributed by atoms with Crippen LogP contribution in [0.4, 0.5) is 0 Å². The molecule has 2 fully saturated rings. The fourth-order valence-electron chi connectivity index (χ4n) is 5.69. The molecule has 0 unspecified atom stereocenters. The van der Waals surface area contributed by atoms with Crippen LogP contribution in [-0.4, -0.2) is 48.0 Å². The summed E-state index contributed by atoms with van der Waals surface area (Å²) in [6.07, 6.45) is 8.27. The number of hydrogen-bond acceptors (Lipinski definition) is 4. The van der Waals surface area contributed by atoms with Crippen molar-refractivity contribution in [3.8, 4) is 11.5 Å². The van der Waals surface area contributed by atoms with Crippen molar-refractivity contribution in [1.29, 1.82) is 0 Å². The predicted octanol–water partition coefficient (Wildman–Crippen LogP) is 2.03. The number of likely N-dealkylation sites (N-methyl/N-ethyl adjacent to an activating group) is 1. The van der Waals surface area contributed by atoms with Crippen LogP contribution in [0.1, 0.15) is 30.4 Å². The molecule has 6 rings (SSSR count). The number of hydrogen-bond donors (Lipinski definition) is 1. The number of aliphatic hydroxyl groups is 1. The summed E-state index contributed by atoms with van der Waals surface area (Å²) in [6, 6.07) is 4.84. The van der Waals surface area contributed by atoms with E-state index in [4.69, 9.17) is 9.47 Å². The Labute approximate surface area is 142 Å². The molecule has 2 bridgehead atoms. The van der Waals surface area contributed by atoms with Crippen molar-refractivity contribution < 1.29 is 14.6 Å². The van der Waals surface area contributed by atoms with E-state index in [1.54, 1.807) is 0 Å². The van der Waals surface area contributed by atoms with Crippen LogP contribution in [0.2, 0.25) is 0 Å². The molecule has 0 aromatic heterocycles. The van der Waals surface area contributed by atoms with Gasteiger partial charge in [-0.1, -0.05) is 18.2 Å². The Morgan fingerprint density at radius 2 is 2.17 bits per heavy atom. The highest BCUT2D eigenvalue weighted by molar-refractivity contribution is 5.62. The molecule has 1 spiro atoms. The average Bonchev–Trinajstić information content (AvgIpc) is 3.32. The Balaban J connectivity index is 1.59. The van der Waals surface area contributed by atoms with Crippen molar-refractivity contribution in [2.24, 2.45) is 5.92 Å². The van der Waals surface area contributed by atoms with Crippen LogP contribution < -0.4 is 9.47 Å². The number of nitrogens with zero attached hydrogens (tertiary/aromatic N) is 1. The van der Waals surface area contributed by atoms with Gasteiger partial charge in [0.05, 0.1) is 6.10 Å². The molecule has 1 aromatic rings. The predicted molar refractivity (Wildman–Crippen MR) is 89.6 cm³/mol. The molecule has 3 aliphatic carbocycles. The molecule has 2 aliphatic heterocycles. The maximum absolute atomic E-state index is 10.7. The number of piperidine rings is 1. The standard InChI is InChI=1S/C20H23NO3/c1-21-9-8-20-13-5-6-15(22)19(20)24-18-16(23-12-3-4-12)7-2-11(17(18)20)10-14(13)21/h2,5-7,12-15,19,22H,3-4,8-10H2,1H3/t13-,14+,15-,19-,20-/m0/s1. The van der Waals surface area contributed by atoms with Crippen LogP contribution in [0, 0.1) is 5.92 Å². The van der Waals surface area contributed by atoms with Crippen LogP contribution in [0.15, 0.2) is 24.3 Å². The van der Waals surface area contributed by atoms with E-state index in [0.29, 0.717) is 18.1 Å². The van der Waals surface area contributed by atoms with Gasteiger partial charge >= 0.3 is 0 Å². The van der Waals surface area contributed by atoms with Gasteiger partial charge in [-0.25, -0.2) is 0 Å². The molecule has 24 heavy (non-hydrogen) atoms. The van der Waals surface area contributed by atoms with Crippen LogP contribution in [0.5, 0.6) is 11.5 Å².